The van der Waals surface area contributed by atoms with Gasteiger partial charge in [-0.15, -0.1) is 0 Å². The average Bonchev–Trinajstić information content (AvgIpc) is 3.39. The summed E-state index contributed by atoms with van der Waals surface area (Å²) < 4.78 is 16.8. The maximum Gasteiger partial charge on any atom is 0.300 e. The van der Waals surface area contributed by atoms with Crippen LogP contribution >= 0.6 is 0 Å². The molecule has 2 aromatic carbocycles. The number of fused-ring (bicyclic) bond motifs is 1. The van der Waals surface area contributed by atoms with Crippen LogP contribution in [0, 0.1) is 6.92 Å². The van der Waals surface area contributed by atoms with E-state index in [2.05, 4.69) is 0 Å². The highest BCUT2D eigenvalue weighted by molar-refractivity contribution is 6.51. The van der Waals surface area contributed by atoms with Crippen LogP contribution in [0.25, 0.3) is 5.76 Å². The number of carbonyl (C=O) groups is 2. The number of methoxy groups -OCH3 is 1. The van der Waals surface area contributed by atoms with Gasteiger partial charge in [-0.1, -0.05) is 6.07 Å². The fraction of sp³-hybridized carbons (Fsp3) is 0.231. The number of hydrogen-bond acceptors (Lipinski definition) is 7. The first-order valence-electron chi connectivity index (χ1n) is 10.9. The summed E-state index contributed by atoms with van der Waals surface area (Å²) in [4.78, 5) is 29.9. The third kappa shape index (κ3) is 3.48. The summed E-state index contributed by atoms with van der Waals surface area (Å²) in [7, 11) is 3.45. The summed E-state index contributed by atoms with van der Waals surface area (Å²) in [6, 6.07) is 14.6. The van der Waals surface area contributed by atoms with Gasteiger partial charge in [0.1, 0.15) is 41.4 Å². The van der Waals surface area contributed by atoms with Crippen LogP contribution in [0.15, 0.2) is 64.6 Å². The molecule has 8 heteroatoms. The first-order valence-corrected chi connectivity index (χ1v) is 10.9. The number of furan rings is 1. The van der Waals surface area contributed by atoms with Gasteiger partial charge >= 0.3 is 0 Å². The van der Waals surface area contributed by atoms with Gasteiger partial charge < -0.3 is 23.9 Å². The number of likely N-dealkylation sites (N-methyl/N-ethyl adjacent to an activating group) is 1. The summed E-state index contributed by atoms with van der Waals surface area (Å²) in [6.45, 7) is 3.04. The molecule has 1 fully saturated rings. The van der Waals surface area contributed by atoms with E-state index in [1.165, 1.54) is 12.0 Å². The number of hydrogen-bond donors (Lipinski definition) is 1. The molecule has 0 spiro atoms. The minimum Gasteiger partial charge on any atom is -0.507 e. The Labute approximate surface area is 196 Å². The highest BCUT2D eigenvalue weighted by Gasteiger charge is 2.48. The minimum atomic E-state index is -0.939. The van der Waals surface area contributed by atoms with Crippen LogP contribution in [0.5, 0.6) is 11.5 Å². The van der Waals surface area contributed by atoms with Crippen molar-refractivity contribution in [1.29, 1.82) is 0 Å². The smallest absolute Gasteiger partial charge is 0.300 e. The molecule has 1 amide bonds. The zero-order valence-electron chi connectivity index (χ0n) is 19.1. The molecule has 34 heavy (non-hydrogen) atoms. The van der Waals surface area contributed by atoms with Crippen molar-refractivity contribution in [3.05, 3.63) is 77.3 Å². The molecule has 1 N–H and O–H groups in total. The zero-order valence-corrected chi connectivity index (χ0v) is 19.1. The number of aliphatic hydroxyl groups is 1. The van der Waals surface area contributed by atoms with Gasteiger partial charge in [0.05, 0.1) is 24.9 Å². The summed E-state index contributed by atoms with van der Waals surface area (Å²) in [6.07, 6.45) is 0. The number of aliphatic hydroxyl groups excluding tert-OH is 1. The number of nitrogens with zero attached hydrogens (tertiary/aromatic N) is 2. The van der Waals surface area contributed by atoms with Crippen molar-refractivity contribution < 1.29 is 28.6 Å². The van der Waals surface area contributed by atoms with Crippen molar-refractivity contribution in [2.75, 3.05) is 37.1 Å². The Morgan fingerprint density at radius 3 is 2.68 bits per heavy atom. The van der Waals surface area contributed by atoms with Crippen molar-refractivity contribution in [1.82, 2.24) is 0 Å². The first kappa shape index (κ1) is 21.6. The molecule has 1 atom stereocenters. The van der Waals surface area contributed by atoms with E-state index in [0.29, 0.717) is 47.4 Å². The molecule has 1 aromatic heterocycles. The Morgan fingerprint density at radius 2 is 1.94 bits per heavy atom. The van der Waals surface area contributed by atoms with E-state index in [4.69, 9.17) is 13.9 Å². The molecule has 0 aliphatic carbocycles. The van der Waals surface area contributed by atoms with Crippen molar-refractivity contribution >= 4 is 28.8 Å². The van der Waals surface area contributed by atoms with Crippen LogP contribution in [0.2, 0.25) is 0 Å². The van der Waals surface area contributed by atoms with Gasteiger partial charge in [0.15, 0.2) is 0 Å². The molecule has 1 saturated heterocycles. The summed E-state index contributed by atoms with van der Waals surface area (Å²) in [5.74, 6) is 0.406. The van der Waals surface area contributed by atoms with E-state index in [1.807, 2.05) is 11.9 Å². The molecule has 0 bridgehead atoms. The van der Waals surface area contributed by atoms with Gasteiger partial charge in [-0.05, 0) is 49.4 Å². The second kappa shape index (κ2) is 8.30. The highest BCUT2D eigenvalue weighted by atomic mass is 16.5. The lowest BCUT2D eigenvalue weighted by Crippen LogP contribution is -2.29. The van der Waals surface area contributed by atoms with Gasteiger partial charge in [0.25, 0.3) is 11.7 Å². The van der Waals surface area contributed by atoms with Gasteiger partial charge in [0, 0.05) is 24.4 Å². The summed E-state index contributed by atoms with van der Waals surface area (Å²) >= 11 is 0. The molecule has 1 unspecified atom stereocenters. The topological polar surface area (TPSA) is 92.5 Å². The third-order valence-corrected chi connectivity index (χ3v) is 6.13. The number of ketones is 1. The second-order valence-corrected chi connectivity index (χ2v) is 8.27. The first-order chi connectivity index (χ1) is 16.4. The predicted octanol–water partition coefficient (Wildman–Crippen LogP) is 4.05. The van der Waals surface area contributed by atoms with Crippen LogP contribution in [0.3, 0.4) is 0 Å². The Hall–Kier alpha value is -4.20. The van der Waals surface area contributed by atoms with Crippen molar-refractivity contribution in [3.63, 3.8) is 0 Å². The van der Waals surface area contributed by atoms with E-state index < -0.39 is 17.7 Å². The van der Waals surface area contributed by atoms with Gasteiger partial charge in [0.2, 0.25) is 0 Å². The van der Waals surface area contributed by atoms with Crippen LogP contribution in [0.1, 0.15) is 23.1 Å². The Balaban J connectivity index is 1.69. The fourth-order valence-electron chi connectivity index (χ4n) is 4.38. The molecule has 8 nitrogen and oxygen atoms in total. The zero-order chi connectivity index (χ0) is 24.0. The lowest BCUT2D eigenvalue weighted by atomic mass is 9.98. The maximum absolute atomic E-state index is 13.3. The largest absolute Gasteiger partial charge is 0.507 e. The van der Waals surface area contributed by atoms with Crippen LogP contribution in [0.4, 0.5) is 11.4 Å². The van der Waals surface area contributed by atoms with E-state index in [9.17, 15) is 14.7 Å². The molecule has 0 radical (unpaired) electrons. The number of aryl methyl sites for hydroxylation is 1. The molecule has 2 aliphatic heterocycles. The average molecular weight is 460 g/mol. The van der Waals surface area contributed by atoms with E-state index in [-0.39, 0.29) is 11.3 Å². The summed E-state index contributed by atoms with van der Waals surface area (Å²) in [5, 5.41) is 11.4. The van der Waals surface area contributed by atoms with Gasteiger partial charge in [-0.3, -0.25) is 14.5 Å². The van der Waals surface area contributed by atoms with Gasteiger partial charge in [-0.25, -0.2) is 0 Å². The number of rotatable bonds is 4. The number of amides is 1. The Morgan fingerprint density at radius 1 is 1.12 bits per heavy atom. The second-order valence-electron chi connectivity index (χ2n) is 8.27. The van der Waals surface area contributed by atoms with E-state index >= 15 is 0 Å². The Bertz CT molecular complexity index is 1320. The lowest BCUT2D eigenvalue weighted by Gasteiger charge is -2.28. The van der Waals surface area contributed by atoms with Crippen LogP contribution < -0.4 is 19.3 Å². The number of benzene rings is 2. The SMILES string of the molecule is COc1cccc(N2C(=O)C(=O)/C(=C(\O)c3ccc4c(c3)N(C)CCO4)C2c2ccc(C)o2)c1. The van der Waals surface area contributed by atoms with Crippen molar-refractivity contribution in [2.24, 2.45) is 0 Å². The number of Topliss-reactive ketones (excluding diaryl/α,β-unsaturated/α-hetero) is 1. The Kier molecular flexibility index (Phi) is 5.28. The maximum atomic E-state index is 13.3. The molecular formula is C26H24N2O6. The quantitative estimate of drug-likeness (QED) is 0.357. The van der Waals surface area contributed by atoms with Gasteiger partial charge in [-0.2, -0.15) is 0 Å². The van der Waals surface area contributed by atoms with E-state index in [1.54, 1.807) is 61.5 Å². The molecule has 5 rings (SSSR count). The number of carbonyl (C=O) groups excluding carboxylic acids is 2. The highest BCUT2D eigenvalue weighted by Crippen LogP contribution is 2.44. The van der Waals surface area contributed by atoms with E-state index in [0.717, 1.165) is 5.69 Å². The molecule has 2 aliphatic rings. The van der Waals surface area contributed by atoms with Crippen LogP contribution in [-0.4, -0.2) is 44.1 Å². The monoisotopic (exact) mass is 460 g/mol. The molecule has 0 saturated carbocycles. The molecule has 3 heterocycles. The standard InChI is InChI=1S/C26H24N2O6/c1-15-7-9-21(34-15)23-22(24(29)16-8-10-20-19(13-16)27(2)11-12-33-20)25(30)26(31)28(23)17-5-4-6-18(14-17)32-3/h4-10,13-14,23,29H,11-12H2,1-3H3/b24-22-. The number of anilines is 2. The summed E-state index contributed by atoms with van der Waals surface area (Å²) in [5.41, 5.74) is 1.62. The minimum absolute atomic E-state index is 0.0403. The predicted molar refractivity (Wildman–Crippen MR) is 126 cm³/mol. The van der Waals surface area contributed by atoms with Crippen molar-refractivity contribution in [3.8, 4) is 11.5 Å². The van der Waals surface area contributed by atoms with Crippen LogP contribution in [-0.2, 0) is 9.59 Å². The fourth-order valence-corrected chi connectivity index (χ4v) is 4.38. The molecular weight excluding hydrogens is 436 g/mol. The number of ether oxygens (including phenoxy) is 2. The van der Waals surface area contributed by atoms with Crippen molar-refractivity contribution in [2.45, 2.75) is 13.0 Å². The lowest BCUT2D eigenvalue weighted by molar-refractivity contribution is -0.132. The normalized spacial score (nSPS) is 19.2. The molecule has 174 valence electrons. The third-order valence-electron chi connectivity index (χ3n) is 6.13. The molecule has 3 aromatic rings.